The number of carbonyl (C=O) groups excluding carboxylic acids is 3. The molecule has 10 heteroatoms. The summed E-state index contributed by atoms with van der Waals surface area (Å²) in [4.78, 5) is 36.1. The van der Waals surface area contributed by atoms with Crippen molar-refractivity contribution in [1.29, 1.82) is 0 Å². The number of benzene rings is 3. The van der Waals surface area contributed by atoms with Crippen molar-refractivity contribution < 1.29 is 24.7 Å². The van der Waals surface area contributed by atoms with Crippen LogP contribution < -0.4 is 21.4 Å². The maximum absolute atomic E-state index is 12.3. The van der Waals surface area contributed by atoms with E-state index >= 15 is 0 Å². The van der Waals surface area contributed by atoms with Crippen molar-refractivity contribution in [2.45, 2.75) is 19.1 Å². The van der Waals surface area contributed by atoms with E-state index < -0.39 is 24.0 Å². The molecule has 9 nitrogen and oxygen atoms in total. The zero-order chi connectivity index (χ0) is 26.8. The van der Waals surface area contributed by atoms with Gasteiger partial charge in [0.1, 0.15) is 6.04 Å². The van der Waals surface area contributed by atoms with E-state index in [1.165, 1.54) is 24.5 Å². The van der Waals surface area contributed by atoms with Gasteiger partial charge >= 0.3 is 0 Å². The molecular formula is C27H25BrN4O5. The SMILES string of the molecule is CC(O)C(NC(=O)c1ccc(C#Cc2ccc(NC(=O)CNc3ccc(Br)cc3)cc2)cc1)C(=O)NO. The lowest BCUT2D eigenvalue weighted by Gasteiger charge is -2.19. The second kappa shape index (κ2) is 13.2. The molecule has 3 aromatic rings. The van der Waals surface area contributed by atoms with Gasteiger partial charge in [0.2, 0.25) is 5.91 Å². The highest BCUT2D eigenvalue weighted by Gasteiger charge is 2.25. The van der Waals surface area contributed by atoms with E-state index in [-0.39, 0.29) is 18.0 Å². The van der Waals surface area contributed by atoms with Crippen LogP contribution in [0.1, 0.15) is 28.4 Å². The van der Waals surface area contributed by atoms with Crippen LogP contribution in [-0.2, 0) is 9.59 Å². The first kappa shape index (κ1) is 27.4. The van der Waals surface area contributed by atoms with Gasteiger partial charge in [0.25, 0.3) is 11.8 Å². The highest BCUT2D eigenvalue weighted by atomic mass is 79.9. The van der Waals surface area contributed by atoms with Crippen LogP contribution in [0.2, 0.25) is 0 Å². The molecule has 0 aliphatic carbocycles. The average Bonchev–Trinajstić information content (AvgIpc) is 2.90. The molecule has 3 rings (SSSR count). The van der Waals surface area contributed by atoms with Gasteiger partial charge in [-0.1, -0.05) is 27.8 Å². The number of carbonyl (C=O) groups is 3. The Morgan fingerprint density at radius 1 is 0.865 bits per heavy atom. The standard InChI is InChI=1S/C27H25BrN4O5/c1-17(33)25(27(36)32-37)31-26(35)20-8-4-18(5-9-20)2-3-19-6-12-23(13-7-19)30-24(34)16-29-22-14-10-21(28)11-15-22/h4-15,17,25,29,33,37H,16H2,1H3,(H,30,34)(H,31,35)(H,32,36). The molecule has 0 aliphatic rings. The highest BCUT2D eigenvalue weighted by Crippen LogP contribution is 2.14. The molecule has 0 radical (unpaired) electrons. The van der Waals surface area contributed by atoms with Crippen molar-refractivity contribution in [1.82, 2.24) is 10.8 Å². The van der Waals surface area contributed by atoms with E-state index in [0.717, 1.165) is 15.7 Å². The molecule has 190 valence electrons. The Bertz CT molecular complexity index is 1300. The molecule has 0 aromatic heterocycles. The summed E-state index contributed by atoms with van der Waals surface area (Å²) in [5.74, 6) is 4.33. The molecule has 6 N–H and O–H groups in total. The van der Waals surface area contributed by atoms with Crippen LogP contribution in [0.15, 0.2) is 77.3 Å². The summed E-state index contributed by atoms with van der Waals surface area (Å²) in [5.41, 5.74) is 4.56. The minimum absolute atomic E-state index is 0.130. The van der Waals surface area contributed by atoms with Crippen LogP contribution in [0.3, 0.4) is 0 Å². The van der Waals surface area contributed by atoms with Crippen LogP contribution in [0.25, 0.3) is 0 Å². The number of amides is 3. The molecule has 2 unspecified atom stereocenters. The minimum atomic E-state index is -1.30. The second-order valence-corrected chi connectivity index (χ2v) is 8.90. The molecule has 0 spiro atoms. The Kier molecular flexibility index (Phi) is 9.80. The van der Waals surface area contributed by atoms with Crippen molar-refractivity contribution in [2.24, 2.45) is 0 Å². The summed E-state index contributed by atoms with van der Waals surface area (Å²) in [5, 5.41) is 26.6. The molecule has 0 heterocycles. The first-order valence-corrected chi connectivity index (χ1v) is 12.0. The van der Waals surface area contributed by atoms with Gasteiger partial charge in [-0.15, -0.1) is 0 Å². The van der Waals surface area contributed by atoms with Crippen LogP contribution in [-0.4, -0.2) is 46.7 Å². The van der Waals surface area contributed by atoms with Gasteiger partial charge in [-0.05, 0) is 79.7 Å². The first-order valence-electron chi connectivity index (χ1n) is 11.2. The number of nitrogens with one attached hydrogen (secondary N) is 4. The molecule has 3 aromatic carbocycles. The zero-order valence-corrected chi connectivity index (χ0v) is 21.4. The van der Waals surface area contributed by atoms with Gasteiger partial charge in [-0.25, -0.2) is 5.48 Å². The predicted molar refractivity (Wildman–Crippen MR) is 143 cm³/mol. The Morgan fingerprint density at radius 3 is 1.95 bits per heavy atom. The molecule has 0 bridgehead atoms. The predicted octanol–water partition coefficient (Wildman–Crippen LogP) is 2.88. The molecule has 37 heavy (non-hydrogen) atoms. The Morgan fingerprint density at radius 2 is 1.41 bits per heavy atom. The zero-order valence-electron chi connectivity index (χ0n) is 19.8. The maximum atomic E-state index is 12.3. The lowest BCUT2D eigenvalue weighted by atomic mass is 10.1. The number of hydroxylamine groups is 1. The summed E-state index contributed by atoms with van der Waals surface area (Å²) in [6.45, 7) is 1.45. The number of anilines is 2. The summed E-state index contributed by atoms with van der Waals surface area (Å²) < 4.78 is 0.962. The second-order valence-electron chi connectivity index (χ2n) is 7.98. The number of aliphatic hydroxyl groups is 1. The fourth-order valence-corrected chi connectivity index (χ4v) is 3.41. The van der Waals surface area contributed by atoms with Crippen LogP contribution in [0, 0.1) is 11.8 Å². The number of aliphatic hydroxyl groups excluding tert-OH is 1. The van der Waals surface area contributed by atoms with Crippen molar-refractivity contribution >= 4 is 45.0 Å². The van der Waals surface area contributed by atoms with E-state index in [1.807, 2.05) is 24.3 Å². The van der Waals surface area contributed by atoms with E-state index in [2.05, 4.69) is 43.7 Å². The lowest BCUT2D eigenvalue weighted by Crippen LogP contribution is -2.51. The third-order valence-electron chi connectivity index (χ3n) is 5.13. The van der Waals surface area contributed by atoms with Gasteiger partial charge in [-0.3, -0.25) is 19.6 Å². The minimum Gasteiger partial charge on any atom is -0.391 e. The van der Waals surface area contributed by atoms with Gasteiger partial charge in [-0.2, -0.15) is 0 Å². The summed E-state index contributed by atoms with van der Waals surface area (Å²) >= 11 is 3.37. The Hall–Kier alpha value is -4.17. The van der Waals surface area contributed by atoms with E-state index in [0.29, 0.717) is 11.3 Å². The quantitative estimate of drug-likeness (QED) is 0.141. The van der Waals surface area contributed by atoms with Crippen molar-refractivity contribution in [3.63, 3.8) is 0 Å². The summed E-state index contributed by atoms with van der Waals surface area (Å²) in [6, 6.07) is 19.7. The van der Waals surface area contributed by atoms with Crippen LogP contribution in [0.5, 0.6) is 0 Å². The van der Waals surface area contributed by atoms with Crippen LogP contribution in [0.4, 0.5) is 11.4 Å². The van der Waals surface area contributed by atoms with Gasteiger partial charge in [0, 0.05) is 32.5 Å². The van der Waals surface area contributed by atoms with E-state index in [4.69, 9.17) is 5.21 Å². The highest BCUT2D eigenvalue weighted by molar-refractivity contribution is 9.10. The van der Waals surface area contributed by atoms with E-state index in [9.17, 15) is 19.5 Å². The first-order chi connectivity index (χ1) is 17.7. The molecule has 0 fully saturated rings. The number of hydrogen-bond donors (Lipinski definition) is 6. The fourth-order valence-electron chi connectivity index (χ4n) is 3.14. The number of hydrogen-bond acceptors (Lipinski definition) is 6. The third kappa shape index (κ3) is 8.47. The van der Waals surface area contributed by atoms with E-state index in [1.54, 1.807) is 36.4 Å². The normalized spacial score (nSPS) is 11.8. The molecule has 0 saturated heterocycles. The Balaban J connectivity index is 1.53. The number of halogens is 1. The van der Waals surface area contributed by atoms with Gasteiger partial charge in [0.05, 0.1) is 12.6 Å². The van der Waals surface area contributed by atoms with Crippen molar-refractivity contribution in [3.05, 3.63) is 94.0 Å². The molecule has 2 atom stereocenters. The smallest absolute Gasteiger partial charge is 0.268 e. The van der Waals surface area contributed by atoms with Gasteiger partial charge in [0.15, 0.2) is 0 Å². The fraction of sp³-hybridized carbons (Fsp3) is 0.148. The average molecular weight is 565 g/mol. The van der Waals surface area contributed by atoms with Crippen LogP contribution >= 0.6 is 15.9 Å². The molecule has 3 amide bonds. The maximum Gasteiger partial charge on any atom is 0.268 e. The summed E-state index contributed by atoms with van der Waals surface area (Å²) in [7, 11) is 0. The Labute approximate surface area is 222 Å². The number of rotatable bonds is 8. The topological polar surface area (TPSA) is 140 Å². The monoisotopic (exact) mass is 564 g/mol. The van der Waals surface area contributed by atoms with Crippen molar-refractivity contribution in [2.75, 3.05) is 17.2 Å². The van der Waals surface area contributed by atoms with Gasteiger partial charge < -0.3 is 21.1 Å². The lowest BCUT2D eigenvalue weighted by molar-refractivity contribution is -0.133. The van der Waals surface area contributed by atoms with Crippen molar-refractivity contribution in [3.8, 4) is 11.8 Å². The molecule has 0 saturated carbocycles. The molecule has 0 aliphatic heterocycles. The third-order valence-corrected chi connectivity index (χ3v) is 5.65. The largest absolute Gasteiger partial charge is 0.391 e. The molecular weight excluding hydrogens is 540 g/mol. The summed E-state index contributed by atoms with van der Waals surface area (Å²) in [6.07, 6.45) is -1.20.